The Bertz CT molecular complexity index is 1150. The standard InChI is InChI=1S/C28H36O5S/c1-17-5-8-21(9-6-17)34(31,32)33-26-16-25-22(24-12-11-23(18(2)29)28(24,26)4)10-7-19-15-20(30)13-14-27(19,25)3/h5-6,8-9,15,22-26H,7,10-14,16H2,1-4H3/t22-,23+,24-,25-,26+,27-,28+/m0/s1. The summed E-state index contributed by atoms with van der Waals surface area (Å²) in [5.74, 6) is 1.08. The maximum atomic E-state index is 13.4. The van der Waals surface area contributed by atoms with Crippen molar-refractivity contribution in [2.75, 3.05) is 0 Å². The third-order valence-corrected chi connectivity index (χ3v) is 11.4. The van der Waals surface area contributed by atoms with Crippen molar-refractivity contribution in [3.05, 3.63) is 41.5 Å². The van der Waals surface area contributed by atoms with Gasteiger partial charge < -0.3 is 0 Å². The molecule has 7 atom stereocenters. The predicted octanol–water partition coefficient (Wildman–Crippen LogP) is 5.42. The Morgan fingerprint density at radius 3 is 2.41 bits per heavy atom. The van der Waals surface area contributed by atoms with Crippen LogP contribution in [0.4, 0.5) is 0 Å². The fraction of sp³-hybridized carbons (Fsp3) is 0.643. The zero-order chi connectivity index (χ0) is 24.5. The van der Waals surface area contributed by atoms with Gasteiger partial charge in [0.1, 0.15) is 5.78 Å². The Hall–Kier alpha value is -1.79. The van der Waals surface area contributed by atoms with Crippen LogP contribution in [0.2, 0.25) is 0 Å². The number of carbonyl (C=O) groups is 2. The van der Waals surface area contributed by atoms with Crippen LogP contribution in [0.25, 0.3) is 0 Å². The van der Waals surface area contributed by atoms with Crippen molar-refractivity contribution in [2.45, 2.75) is 83.6 Å². The summed E-state index contributed by atoms with van der Waals surface area (Å²) >= 11 is 0. The summed E-state index contributed by atoms with van der Waals surface area (Å²) < 4.78 is 33.0. The maximum absolute atomic E-state index is 13.4. The molecule has 0 radical (unpaired) electrons. The number of hydrogen-bond acceptors (Lipinski definition) is 5. The van der Waals surface area contributed by atoms with E-state index in [9.17, 15) is 18.0 Å². The predicted molar refractivity (Wildman–Crippen MR) is 130 cm³/mol. The fourth-order valence-corrected chi connectivity index (χ4v) is 9.39. The molecule has 1 aromatic carbocycles. The van der Waals surface area contributed by atoms with Gasteiger partial charge in [0.25, 0.3) is 10.1 Å². The average Bonchev–Trinajstić information content (AvgIpc) is 3.14. The fourth-order valence-electron chi connectivity index (χ4n) is 8.22. The molecule has 0 spiro atoms. The van der Waals surface area contributed by atoms with E-state index in [0.29, 0.717) is 18.8 Å². The van der Waals surface area contributed by atoms with Crippen molar-refractivity contribution >= 4 is 21.7 Å². The molecule has 0 amide bonds. The average molecular weight is 485 g/mol. The summed E-state index contributed by atoms with van der Waals surface area (Å²) in [6, 6.07) is 6.76. The van der Waals surface area contributed by atoms with Crippen molar-refractivity contribution in [3.8, 4) is 0 Å². The monoisotopic (exact) mass is 484 g/mol. The van der Waals surface area contributed by atoms with E-state index in [-0.39, 0.29) is 39.6 Å². The Kier molecular flexibility index (Phi) is 5.72. The van der Waals surface area contributed by atoms with Crippen LogP contribution in [0.15, 0.2) is 40.8 Å². The van der Waals surface area contributed by atoms with Gasteiger partial charge in [-0.05, 0) is 93.7 Å². The quantitative estimate of drug-likeness (QED) is 0.534. The number of Topliss-reactive ketones (excluding diaryl/α,β-unsaturated/α-hetero) is 1. The minimum absolute atomic E-state index is 0.109. The van der Waals surface area contributed by atoms with Gasteiger partial charge in [0.2, 0.25) is 0 Å². The van der Waals surface area contributed by atoms with Crippen LogP contribution in [0.3, 0.4) is 0 Å². The molecule has 34 heavy (non-hydrogen) atoms. The topological polar surface area (TPSA) is 77.5 Å². The number of fused-ring (bicyclic) bond motifs is 5. The van der Waals surface area contributed by atoms with Gasteiger partial charge in [-0.25, -0.2) is 0 Å². The molecule has 0 aliphatic heterocycles. The molecular weight excluding hydrogens is 448 g/mol. The minimum Gasteiger partial charge on any atom is -0.300 e. The SMILES string of the molecule is CC(=O)[C@H]1CC[C@H]2[C@@H]3CCC4=CC(=O)CC[C@]4(C)[C@H]3C[C@@H](OS(=O)(=O)c3ccc(C)cc3)[C@]12C. The van der Waals surface area contributed by atoms with Gasteiger partial charge in [-0.1, -0.05) is 37.1 Å². The molecule has 3 fully saturated rings. The second-order valence-corrected chi connectivity index (χ2v) is 13.2. The van der Waals surface area contributed by atoms with Gasteiger partial charge in [0.15, 0.2) is 5.78 Å². The summed E-state index contributed by atoms with van der Waals surface area (Å²) in [5, 5.41) is 0. The molecule has 0 aromatic heterocycles. The summed E-state index contributed by atoms with van der Waals surface area (Å²) in [4.78, 5) is 25.1. The third kappa shape index (κ3) is 3.55. The van der Waals surface area contributed by atoms with Crippen LogP contribution in [0.1, 0.15) is 71.3 Å². The van der Waals surface area contributed by atoms with E-state index in [1.54, 1.807) is 31.2 Å². The molecule has 4 aliphatic carbocycles. The van der Waals surface area contributed by atoms with Crippen molar-refractivity contribution in [1.82, 2.24) is 0 Å². The van der Waals surface area contributed by atoms with Gasteiger partial charge in [-0.2, -0.15) is 8.42 Å². The van der Waals surface area contributed by atoms with E-state index in [4.69, 9.17) is 4.18 Å². The first-order chi connectivity index (χ1) is 16.0. The van der Waals surface area contributed by atoms with Crippen molar-refractivity contribution in [2.24, 2.45) is 34.5 Å². The first-order valence-corrected chi connectivity index (χ1v) is 14.1. The van der Waals surface area contributed by atoms with Crippen molar-refractivity contribution < 1.29 is 22.2 Å². The van der Waals surface area contributed by atoms with Crippen LogP contribution in [0.5, 0.6) is 0 Å². The first kappa shape index (κ1) is 23.9. The van der Waals surface area contributed by atoms with Crippen LogP contribution in [0, 0.1) is 41.4 Å². The van der Waals surface area contributed by atoms with Crippen LogP contribution in [-0.4, -0.2) is 26.1 Å². The lowest BCUT2D eigenvalue weighted by molar-refractivity contribution is -0.143. The van der Waals surface area contributed by atoms with Gasteiger partial charge in [0.05, 0.1) is 11.0 Å². The molecule has 6 heteroatoms. The van der Waals surface area contributed by atoms with Gasteiger partial charge >= 0.3 is 0 Å². The second-order valence-electron chi connectivity index (χ2n) is 11.7. The van der Waals surface area contributed by atoms with Gasteiger partial charge in [-0.3, -0.25) is 13.8 Å². The van der Waals surface area contributed by atoms with Crippen LogP contribution >= 0.6 is 0 Å². The molecular formula is C28H36O5S. The molecule has 1 aromatic rings. The van der Waals surface area contributed by atoms with E-state index in [2.05, 4.69) is 13.8 Å². The van der Waals surface area contributed by atoms with E-state index >= 15 is 0 Å². The normalized spacial score (nSPS) is 39.6. The molecule has 0 saturated heterocycles. The minimum atomic E-state index is -3.98. The second kappa shape index (κ2) is 8.12. The van der Waals surface area contributed by atoms with E-state index in [0.717, 1.165) is 37.7 Å². The third-order valence-electron chi connectivity index (χ3n) is 10.1. The Labute approximate surface area is 203 Å². The lowest BCUT2D eigenvalue weighted by Gasteiger charge is -2.60. The molecule has 184 valence electrons. The molecule has 0 unspecified atom stereocenters. The zero-order valence-corrected chi connectivity index (χ0v) is 21.5. The van der Waals surface area contributed by atoms with Gasteiger partial charge in [-0.15, -0.1) is 0 Å². The molecule has 5 rings (SSSR count). The highest BCUT2D eigenvalue weighted by atomic mass is 32.2. The molecule has 4 aliphatic rings. The summed E-state index contributed by atoms with van der Waals surface area (Å²) in [7, 11) is -3.98. The lowest BCUT2D eigenvalue weighted by atomic mass is 9.46. The number of ketones is 2. The van der Waals surface area contributed by atoms with E-state index in [1.165, 1.54) is 5.57 Å². The molecule has 0 bridgehead atoms. The number of aryl methyl sites for hydroxylation is 1. The number of benzene rings is 1. The zero-order valence-electron chi connectivity index (χ0n) is 20.7. The van der Waals surface area contributed by atoms with Gasteiger partial charge in [0, 0.05) is 17.8 Å². The highest BCUT2D eigenvalue weighted by molar-refractivity contribution is 7.86. The highest BCUT2D eigenvalue weighted by Crippen LogP contribution is 2.67. The summed E-state index contributed by atoms with van der Waals surface area (Å²) in [5.41, 5.74) is 1.60. The number of allylic oxidation sites excluding steroid dienone is 1. The van der Waals surface area contributed by atoms with E-state index in [1.807, 2.05) is 13.0 Å². The summed E-state index contributed by atoms with van der Waals surface area (Å²) in [6.45, 7) is 7.95. The Morgan fingerprint density at radius 2 is 1.74 bits per heavy atom. The first-order valence-electron chi connectivity index (χ1n) is 12.7. The lowest BCUT2D eigenvalue weighted by Crippen LogP contribution is -2.58. The maximum Gasteiger partial charge on any atom is 0.297 e. The molecule has 3 saturated carbocycles. The van der Waals surface area contributed by atoms with Crippen molar-refractivity contribution in [3.63, 3.8) is 0 Å². The Morgan fingerprint density at radius 1 is 1.03 bits per heavy atom. The number of carbonyl (C=O) groups excluding carboxylic acids is 2. The van der Waals surface area contributed by atoms with Crippen LogP contribution in [-0.2, 0) is 23.9 Å². The van der Waals surface area contributed by atoms with Crippen molar-refractivity contribution in [1.29, 1.82) is 0 Å². The number of rotatable bonds is 4. The van der Waals surface area contributed by atoms with E-state index < -0.39 is 21.6 Å². The largest absolute Gasteiger partial charge is 0.300 e. The Balaban J connectivity index is 1.56. The smallest absolute Gasteiger partial charge is 0.297 e. The highest BCUT2D eigenvalue weighted by Gasteiger charge is 2.64. The van der Waals surface area contributed by atoms with Crippen LogP contribution < -0.4 is 0 Å². The molecule has 5 nitrogen and oxygen atoms in total. The molecule has 0 N–H and O–H groups in total. The summed E-state index contributed by atoms with van der Waals surface area (Å²) in [6.07, 6.45) is 6.92. The molecule has 0 heterocycles. The number of hydrogen-bond donors (Lipinski definition) is 0.